The second-order valence-corrected chi connectivity index (χ2v) is 20.5. The van der Waals surface area contributed by atoms with Crippen LogP contribution in [-0.2, 0) is 27.9 Å². The van der Waals surface area contributed by atoms with Gasteiger partial charge in [-0.15, -0.1) is 0 Å². The SMILES string of the molecule is CCCCCCCC/C=C\CCCCCCCC(=O)OC(COCCCCCCCCCCCCCC/C=C\CCCCCCCCCC)COP(=O)(O)OC1C(O)C(O)C(O)C(O)C1O. The molecule has 6 unspecified atom stereocenters. The van der Waals surface area contributed by atoms with Gasteiger partial charge in [0.2, 0.25) is 0 Å². The molecule has 0 aromatic carbocycles. The zero-order chi connectivity index (χ0) is 48.4. The molecule has 1 fully saturated rings. The molecule has 6 atom stereocenters. The third-order valence-electron chi connectivity index (χ3n) is 12.8. The molecule has 0 spiro atoms. The summed E-state index contributed by atoms with van der Waals surface area (Å²) in [7, 11) is -5.02. The molecule has 1 rings (SSSR count). The number of carbonyl (C=O) groups excluding carboxylic acids is 1. The van der Waals surface area contributed by atoms with Crippen LogP contribution in [-0.4, -0.2) is 98.9 Å². The third-order valence-corrected chi connectivity index (χ3v) is 13.8. The minimum atomic E-state index is -5.02. The van der Waals surface area contributed by atoms with Crippen molar-refractivity contribution in [2.24, 2.45) is 0 Å². The second-order valence-electron chi connectivity index (χ2n) is 19.1. The first-order chi connectivity index (χ1) is 32.0. The van der Waals surface area contributed by atoms with E-state index in [-0.39, 0.29) is 13.0 Å². The average Bonchev–Trinajstić information content (AvgIpc) is 3.30. The van der Waals surface area contributed by atoms with E-state index in [4.69, 9.17) is 18.5 Å². The van der Waals surface area contributed by atoms with Gasteiger partial charge >= 0.3 is 13.8 Å². The number of hydrogen-bond acceptors (Lipinski definition) is 11. The van der Waals surface area contributed by atoms with Gasteiger partial charge in [-0.3, -0.25) is 13.8 Å². The van der Waals surface area contributed by atoms with Crippen molar-refractivity contribution in [2.45, 2.75) is 288 Å². The predicted molar refractivity (Wildman–Crippen MR) is 267 cm³/mol. The Hall–Kier alpha value is -1.18. The average molecular weight is 961 g/mol. The Balaban J connectivity index is 2.28. The number of allylic oxidation sites excluding steroid dienone is 4. The molecule has 1 saturated carbocycles. The van der Waals surface area contributed by atoms with Crippen molar-refractivity contribution < 1.29 is 58.3 Å². The molecule has 1 aliphatic rings. The van der Waals surface area contributed by atoms with Gasteiger partial charge in [0.05, 0.1) is 13.2 Å². The normalized spacial score (nSPS) is 21.5. The van der Waals surface area contributed by atoms with Crippen LogP contribution in [0.25, 0.3) is 0 Å². The lowest BCUT2D eigenvalue weighted by Gasteiger charge is -2.41. The summed E-state index contributed by atoms with van der Waals surface area (Å²) in [6, 6.07) is 0. The Morgan fingerprint density at radius 3 is 1.20 bits per heavy atom. The Bertz CT molecular complexity index is 1190. The molecule has 0 amide bonds. The fourth-order valence-electron chi connectivity index (χ4n) is 8.46. The molecule has 66 heavy (non-hydrogen) atoms. The number of aliphatic hydroxyl groups is 5. The molecule has 6 N–H and O–H groups in total. The van der Waals surface area contributed by atoms with Gasteiger partial charge in [-0.25, -0.2) is 4.57 Å². The van der Waals surface area contributed by atoms with E-state index in [0.717, 1.165) is 57.8 Å². The molecule has 0 aromatic heterocycles. The Morgan fingerprint density at radius 2 is 0.803 bits per heavy atom. The van der Waals surface area contributed by atoms with Crippen LogP contribution >= 0.6 is 7.82 Å². The van der Waals surface area contributed by atoms with E-state index in [1.165, 1.54) is 161 Å². The van der Waals surface area contributed by atoms with Crippen LogP contribution in [0.2, 0.25) is 0 Å². The van der Waals surface area contributed by atoms with Crippen molar-refractivity contribution in [2.75, 3.05) is 19.8 Å². The van der Waals surface area contributed by atoms with Gasteiger partial charge in [-0.05, 0) is 64.2 Å². The van der Waals surface area contributed by atoms with E-state index in [1.807, 2.05) is 0 Å². The molecule has 13 heteroatoms. The van der Waals surface area contributed by atoms with Crippen molar-refractivity contribution in [3.8, 4) is 0 Å². The maximum Gasteiger partial charge on any atom is 0.472 e. The quantitative estimate of drug-likeness (QED) is 0.0147. The van der Waals surface area contributed by atoms with Gasteiger partial charge in [-0.2, -0.15) is 0 Å². The number of aliphatic hydroxyl groups excluding tert-OH is 5. The molecule has 1 aliphatic carbocycles. The van der Waals surface area contributed by atoms with Gasteiger partial charge in [0.1, 0.15) is 42.7 Å². The third kappa shape index (κ3) is 35.0. The van der Waals surface area contributed by atoms with E-state index < -0.39 is 63.1 Å². The first-order valence-corrected chi connectivity index (χ1v) is 28.7. The van der Waals surface area contributed by atoms with Crippen LogP contribution in [0.15, 0.2) is 24.3 Å². The van der Waals surface area contributed by atoms with Crippen LogP contribution < -0.4 is 0 Å². The summed E-state index contributed by atoms with van der Waals surface area (Å²) < 4.78 is 34.3. The molecular weight excluding hydrogens is 860 g/mol. The Kier molecular flexibility index (Phi) is 41.7. The number of phosphoric ester groups is 1. The van der Waals surface area contributed by atoms with Gasteiger partial charge in [0, 0.05) is 13.0 Å². The summed E-state index contributed by atoms with van der Waals surface area (Å²) in [5.74, 6) is -0.482. The summed E-state index contributed by atoms with van der Waals surface area (Å²) in [6.07, 6.45) is 39.7. The molecule has 0 radical (unpaired) electrons. The maximum absolute atomic E-state index is 12.9. The van der Waals surface area contributed by atoms with Crippen molar-refractivity contribution in [1.82, 2.24) is 0 Å². The largest absolute Gasteiger partial charge is 0.472 e. The fourth-order valence-corrected chi connectivity index (χ4v) is 9.44. The van der Waals surface area contributed by atoms with E-state index in [2.05, 4.69) is 38.2 Å². The Labute approximate surface area is 402 Å². The highest BCUT2D eigenvalue weighted by Crippen LogP contribution is 2.47. The minimum Gasteiger partial charge on any atom is -0.457 e. The Morgan fingerprint density at radius 1 is 0.470 bits per heavy atom. The number of esters is 1. The van der Waals surface area contributed by atoms with Crippen molar-refractivity contribution >= 4 is 13.8 Å². The van der Waals surface area contributed by atoms with Crippen molar-refractivity contribution in [3.05, 3.63) is 24.3 Å². The summed E-state index contributed by atoms with van der Waals surface area (Å²) in [5.41, 5.74) is 0. The van der Waals surface area contributed by atoms with Gasteiger partial charge in [-0.1, -0.05) is 199 Å². The van der Waals surface area contributed by atoms with Gasteiger partial charge in [0.25, 0.3) is 0 Å². The van der Waals surface area contributed by atoms with Crippen LogP contribution in [0.4, 0.5) is 0 Å². The van der Waals surface area contributed by atoms with Crippen LogP contribution in [0.3, 0.4) is 0 Å². The van der Waals surface area contributed by atoms with E-state index in [0.29, 0.717) is 13.0 Å². The summed E-state index contributed by atoms with van der Waals surface area (Å²) in [6.45, 7) is 4.28. The van der Waals surface area contributed by atoms with E-state index >= 15 is 0 Å². The highest BCUT2D eigenvalue weighted by atomic mass is 31.2. The molecule has 12 nitrogen and oxygen atoms in total. The molecule has 0 saturated heterocycles. The highest BCUT2D eigenvalue weighted by molar-refractivity contribution is 7.47. The lowest BCUT2D eigenvalue weighted by molar-refractivity contribution is -0.220. The lowest BCUT2D eigenvalue weighted by Crippen LogP contribution is -2.64. The summed E-state index contributed by atoms with van der Waals surface area (Å²) in [5, 5.41) is 50.3. The number of carbonyl (C=O) groups is 1. The smallest absolute Gasteiger partial charge is 0.457 e. The number of ether oxygens (including phenoxy) is 2. The fraction of sp³-hybridized carbons (Fsp3) is 0.906. The molecule has 0 aliphatic heterocycles. The highest BCUT2D eigenvalue weighted by Gasteiger charge is 2.51. The predicted octanol–water partition coefficient (Wildman–Crippen LogP) is 12.4. The zero-order valence-corrected chi connectivity index (χ0v) is 42.9. The number of unbranched alkanes of at least 4 members (excludes halogenated alkanes) is 31. The first-order valence-electron chi connectivity index (χ1n) is 27.2. The second kappa shape index (κ2) is 43.8. The van der Waals surface area contributed by atoms with Crippen molar-refractivity contribution in [3.63, 3.8) is 0 Å². The van der Waals surface area contributed by atoms with Gasteiger partial charge in [0.15, 0.2) is 0 Å². The van der Waals surface area contributed by atoms with E-state index in [9.17, 15) is 39.8 Å². The molecule has 0 heterocycles. The van der Waals surface area contributed by atoms with E-state index in [1.54, 1.807) is 0 Å². The summed E-state index contributed by atoms with van der Waals surface area (Å²) in [4.78, 5) is 23.2. The van der Waals surface area contributed by atoms with Gasteiger partial charge < -0.3 is 39.9 Å². The number of rotatable bonds is 47. The van der Waals surface area contributed by atoms with Crippen LogP contribution in [0, 0.1) is 0 Å². The standard InChI is InChI=1S/C53H101O12P/c1-3-5-7-9-11-13-15-17-19-20-21-22-23-24-25-26-27-29-31-33-35-37-39-41-43-62-44-46(45-63-66(60,61)65-53-51(58)49(56)48(55)50(57)52(53)59)64-47(54)42-40-38-36-34-32-30-28-18-16-14-12-10-8-6-4-2/h18,20-21,28,46,48-53,55-59H,3-17,19,22-27,29-45H2,1-2H3,(H,60,61)/b21-20-,28-18-. The molecule has 0 bridgehead atoms. The monoisotopic (exact) mass is 961 g/mol. The number of hydrogen-bond donors (Lipinski definition) is 6. The van der Waals surface area contributed by atoms with Crippen LogP contribution in [0.5, 0.6) is 0 Å². The first kappa shape index (κ1) is 62.8. The molecule has 0 aromatic rings. The zero-order valence-electron chi connectivity index (χ0n) is 42.0. The molecule has 390 valence electrons. The molecular formula is C53H101O12P. The van der Waals surface area contributed by atoms with Crippen LogP contribution in [0.1, 0.15) is 245 Å². The summed E-state index contributed by atoms with van der Waals surface area (Å²) >= 11 is 0. The van der Waals surface area contributed by atoms with Crippen molar-refractivity contribution in [1.29, 1.82) is 0 Å². The maximum atomic E-state index is 12.9. The topological polar surface area (TPSA) is 192 Å². The lowest BCUT2D eigenvalue weighted by atomic mass is 9.85. The minimum absolute atomic E-state index is 0.0769. The number of phosphoric acid groups is 1.